The quantitative estimate of drug-likeness (QED) is 0.705. The van der Waals surface area contributed by atoms with Crippen LogP contribution in [0.2, 0.25) is 0 Å². The molecular formula is C12H16S. The topological polar surface area (TPSA) is 0 Å². The Bertz CT molecular complexity index is 282. The average molecular weight is 192 g/mol. The molecule has 0 bridgehead atoms. The molecule has 0 heterocycles. The van der Waals surface area contributed by atoms with Crippen molar-refractivity contribution in [2.45, 2.75) is 30.9 Å². The van der Waals surface area contributed by atoms with Crippen LogP contribution in [0.1, 0.15) is 30.9 Å². The van der Waals surface area contributed by atoms with Crippen LogP contribution < -0.4 is 0 Å². The number of aryl methyl sites for hydroxylation is 1. The Kier molecular flexibility index (Phi) is 2.37. The van der Waals surface area contributed by atoms with Crippen LogP contribution in [-0.4, -0.2) is 6.26 Å². The summed E-state index contributed by atoms with van der Waals surface area (Å²) < 4.78 is 0.492. The lowest BCUT2D eigenvalue weighted by Gasteiger charge is -2.12. The van der Waals surface area contributed by atoms with Gasteiger partial charge in [0.2, 0.25) is 0 Å². The van der Waals surface area contributed by atoms with E-state index in [1.165, 1.54) is 24.0 Å². The standard InChI is InChI=1S/C12H16S/c1-3-10-4-6-11(7-5-10)12(13-2)8-9-12/h4-7H,3,8-9H2,1-2H3. The zero-order chi connectivity index (χ0) is 9.31. The molecule has 1 aliphatic rings. The van der Waals surface area contributed by atoms with Gasteiger partial charge in [0.05, 0.1) is 0 Å². The van der Waals surface area contributed by atoms with Crippen molar-refractivity contribution in [1.29, 1.82) is 0 Å². The van der Waals surface area contributed by atoms with Crippen LogP contribution in [0.15, 0.2) is 24.3 Å². The summed E-state index contributed by atoms with van der Waals surface area (Å²) in [5.41, 5.74) is 2.97. The summed E-state index contributed by atoms with van der Waals surface area (Å²) in [5, 5.41) is 0. The second-order valence-electron chi connectivity index (χ2n) is 3.75. The van der Waals surface area contributed by atoms with E-state index in [1.54, 1.807) is 0 Å². The monoisotopic (exact) mass is 192 g/mol. The molecule has 0 saturated heterocycles. The first-order valence-electron chi connectivity index (χ1n) is 4.95. The Morgan fingerprint density at radius 1 is 1.23 bits per heavy atom. The van der Waals surface area contributed by atoms with Gasteiger partial charge in [-0.1, -0.05) is 31.2 Å². The normalized spacial score (nSPS) is 18.6. The lowest BCUT2D eigenvalue weighted by molar-refractivity contribution is 1.03. The molecule has 70 valence electrons. The first-order valence-corrected chi connectivity index (χ1v) is 6.18. The largest absolute Gasteiger partial charge is 0.154 e. The van der Waals surface area contributed by atoms with E-state index < -0.39 is 0 Å². The van der Waals surface area contributed by atoms with E-state index in [-0.39, 0.29) is 0 Å². The number of rotatable bonds is 3. The molecule has 0 aromatic heterocycles. The fourth-order valence-corrected chi connectivity index (χ4v) is 2.65. The van der Waals surface area contributed by atoms with Gasteiger partial charge in [-0.05, 0) is 36.6 Å². The molecule has 0 nitrogen and oxygen atoms in total. The smallest absolute Gasteiger partial charge is 0.0406 e. The molecule has 13 heavy (non-hydrogen) atoms. The predicted molar refractivity (Wildman–Crippen MR) is 60.2 cm³/mol. The fourth-order valence-electron chi connectivity index (χ4n) is 1.77. The second kappa shape index (κ2) is 3.38. The fraction of sp³-hybridized carbons (Fsp3) is 0.500. The molecule has 2 rings (SSSR count). The average Bonchev–Trinajstić information content (AvgIpc) is 2.99. The summed E-state index contributed by atoms with van der Waals surface area (Å²) in [4.78, 5) is 0. The third-order valence-corrected chi connectivity index (χ3v) is 4.41. The third kappa shape index (κ3) is 1.62. The Hall–Kier alpha value is -0.430. The molecule has 0 radical (unpaired) electrons. The highest BCUT2D eigenvalue weighted by Crippen LogP contribution is 2.55. The molecule has 1 fully saturated rings. The van der Waals surface area contributed by atoms with E-state index in [4.69, 9.17) is 0 Å². The van der Waals surface area contributed by atoms with E-state index in [2.05, 4.69) is 37.4 Å². The third-order valence-electron chi connectivity index (χ3n) is 2.98. The highest BCUT2D eigenvalue weighted by molar-refractivity contribution is 7.99. The summed E-state index contributed by atoms with van der Waals surface area (Å²) in [7, 11) is 0. The minimum Gasteiger partial charge on any atom is -0.154 e. The van der Waals surface area contributed by atoms with E-state index in [1.807, 2.05) is 11.8 Å². The van der Waals surface area contributed by atoms with E-state index in [0.717, 1.165) is 6.42 Å². The maximum Gasteiger partial charge on any atom is 0.0406 e. The van der Waals surface area contributed by atoms with Gasteiger partial charge in [0.15, 0.2) is 0 Å². The van der Waals surface area contributed by atoms with Crippen LogP contribution in [0.4, 0.5) is 0 Å². The Morgan fingerprint density at radius 2 is 1.85 bits per heavy atom. The van der Waals surface area contributed by atoms with Gasteiger partial charge in [0.1, 0.15) is 0 Å². The van der Waals surface area contributed by atoms with Gasteiger partial charge in [-0.3, -0.25) is 0 Å². The maximum absolute atomic E-state index is 2.31. The number of hydrogen-bond donors (Lipinski definition) is 0. The van der Waals surface area contributed by atoms with Gasteiger partial charge in [-0.15, -0.1) is 0 Å². The van der Waals surface area contributed by atoms with Crippen molar-refractivity contribution in [1.82, 2.24) is 0 Å². The number of benzene rings is 1. The minimum atomic E-state index is 0.492. The summed E-state index contributed by atoms with van der Waals surface area (Å²) in [5.74, 6) is 0. The highest BCUT2D eigenvalue weighted by Gasteiger charge is 2.43. The zero-order valence-corrected chi connectivity index (χ0v) is 9.16. The zero-order valence-electron chi connectivity index (χ0n) is 8.34. The second-order valence-corrected chi connectivity index (χ2v) is 4.94. The Labute approximate surface area is 84.7 Å². The van der Waals surface area contributed by atoms with Crippen molar-refractivity contribution in [3.05, 3.63) is 35.4 Å². The van der Waals surface area contributed by atoms with Crippen molar-refractivity contribution in [3.8, 4) is 0 Å². The van der Waals surface area contributed by atoms with Crippen LogP contribution in [0, 0.1) is 0 Å². The summed E-state index contributed by atoms with van der Waals surface area (Å²) in [6.45, 7) is 2.20. The van der Waals surface area contributed by atoms with Crippen molar-refractivity contribution in [2.75, 3.05) is 6.26 Å². The van der Waals surface area contributed by atoms with Crippen molar-refractivity contribution in [3.63, 3.8) is 0 Å². The first kappa shape index (κ1) is 9.14. The summed E-state index contributed by atoms with van der Waals surface area (Å²) in [6, 6.07) is 9.15. The molecule has 1 aromatic carbocycles. The summed E-state index contributed by atoms with van der Waals surface area (Å²) >= 11 is 2.00. The SMILES string of the molecule is CCc1ccc(C2(SC)CC2)cc1. The van der Waals surface area contributed by atoms with Gasteiger partial charge in [-0.2, -0.15) is 11.8 Å². The van der Waals surface area contributed by atoms with Crippen LogP contribution in [-0.2, 0) is 11.2 Å². The Morgan fingerprint density at radius 3 is 2.23 bits per heavy atom. The molecular weight excluding hydrogens is 176 g/mol. The lowest BCUT2D eigenvalue weighted by Crippen LogP contribution is -1.99. The molecule has 0 spiro atoms. The summed E-state index contributed by atoms with van der Waals surface area (Å²) in [6.07, 6.45) is 6.09. The molecule has 0 amide bonds. The van der Waals surface area contributed by atoms with Gasteiger partial charge < -0.3 is 0 Å². The molecule has 0 atom stereocenters. The van der Waals surface area contributed by atoms with E-state index in [0.29, 0.717) is 4.75 Å². The first-order chi connectivity index (χ1) is 6.30. The molecule has 0 unspecified atom stereocenters. The molecule has 0 aliphatic heterocycles. The molecule has 1 aliphatic carbocycles. The molecule has 0 N–H and O–H groups in total. The highest BCUT2D eigenvalue weighted by atomic mass is 32.2. The van der Waals surface area contributed by atoms with E-state index in [9.17, 15) is 0 Å². The van der Waals surface area contributed by atoms with Crippen LogP contribution >= 0.6 is 11.8 Å². The number of hydrogen-bond acceptors (Lipinski definition) is 1. The minimum absolute atomic E-state index is 0.492. The van der Waals surface area contributed by atoms with Crippen LogP contribution in [0.3, 0.4) is 0 Å². The Balaban J connectivity index is 2.23. The van der Waals surface area contributed by atoms with Crippen molar-refractivity contribution in [2.24, 2.45) is 0 Å². The number of thioether (sulfide) groups is 1. The van der Waals surface area contributed by atoms with E-state index >= 15 is 0 Å². The molecule has 1 saturated carbocycles. The van der Waals surface area contributed by atoms with Gasteiger partial charge >= 0.3 is 0 Å². The van der Waals surface area contributed by atoms with Crippen LogP contribution in [0.25, 0.3) is 0 Å². The predicted octanol–water partition coefficient (Wildman–Crippen LogP) is 3.60. The van der Waals surface area contributed by atoms with Crippen LogP contribution in [0.5, 0.6) is 0 Å². The van der Waals surface area contributed by atoms with Crippen molar-refractivity contribution >= 4 is 11.8 Å². The molecule has 1 aromatic rings. The van der Waals surface area contributed by atoms with Gasteiger partial charge in [-0.25, -0.2) is 0 Å². The molecule has 1 heteroatoms. The van der Waals surface area contributed by atoms with Gasteiger partial charge in [0, 0.05) is 4.75 Å². The van der Waals surface area contributed by atoms with Gasteiger partial charge in [0.25, 0.3) is 0 Å². The van der Waals surface area contributed by atoms with Crippen molar-refractivity contribution < 1.29 is 0 Å². The lowest BCUT2D eigenvalue weighted by atomic mass is 10.1. The maximum atomic E-state index is 2.31.